The molecule has 0 aliphatic heterocycles. The third kappa shape index (κ3) is 6.18. The number of aliphatic imine (C=N–C) groups is 1. The van der Waals surface area contributed by atoms with Gasteiger partial charge in [-0.2, -0.15) is 0 Å². The Kier molecular flexibility index (Phi) is 7.38. The van der Waals surface area contributed by atoms with E-state index in [-0.39, 0.29) is 5.91 Å². The van der Waals surface area contributed by atoms with Crippen molar-refractivity contribution in [3.63, 3.8) is 0 Å². The minimum Gasteiger partial charge on any atom is -0.497 e. The Morgan fingerprint density at radius 3 is 2.35 bits per heavy atom. The van der Waals surface area contributed by atoms with Crippen LogP contribution in [0.1, 0.15) is 26.3 Å². The molecule has 0 aromatic heterocycles. The van der Waals surface area contributed by atoms with Crippen molar-refractivity contribution in [2.45, 2.75) is 27.3 Å². The summed E-state index contributed by atoms with van der Waals surface area (Å²) in [4.78, 5) is 16.2. The summed E-state index contributed by atoms with van der Waals surface area (Å²) in [5, 5.41) is 9.27. The van der Waals surface area contributed by atoms with Gasteiger partial charge in [-0.15, -0.1) is 0 Å². The van der Waals surface area contributed by atoms with Crippen molar-refractivity contribution in [2.24, 2.45) is 10.4 Å². The maximum atomic E-state index is 12.0. The van der Waals surface area contributed by atoms with Gasteiger partial charge in [0, 0.05) is 26.7 Å². The summed E-state index contributed by atoms with van der Waals surface area (Å²) in [5.41, 5.74) is 0.616. The molecule has 0 fully saturated rings. The fourth-order valence-electron chi connectivity index (χ4n) is 1.93. The first-order valence-electron chi connectivity index (χ1n) is 7.78. The van der Waals surface area contributed by atoms with E-state index in [0.717, 1.165) is 11.3 Å². The molecule has 1 aromatic rings. The molecule has 1 amide bonds. The predicted octanol–water partition coefficient (Wildman–Crippen LogP) is 1.52. The van der Waals surface area contributed by atoms with Gasteiger partial charge >= 0.3 is 0 Å². The normalized spacial score (nSPS) is 11.8. The summed E-state index contributed by atoms with van der Waals surface area (Å²) in [6, 6.07) is 7.84. The molecule has 23 heavy (non-hydrogen) atoms. The maximum absolute atomic E-state index is 12.0. The van der Waals surface area contributed by atoms with Crippen LogP contribution in [0, 0.1) is 5.41 Å². The van der Waals surface area contributed by atoms with Gasteiger partial charge in [-0.05, 0) is 38.5 Å². The van der Waals surface area contributed by atoms with Crippen LogP contribution in [0.3, 0.4) is 0 Å². The van der Waals surface area contributed by atoms with Crippen LogP contribution in [0.5, 0.6) is 5.75 Å². The SMILES string of the molecule is CCNC(=O)C(C)(C)CNC(=NC)NCc1ccc(OC)cc1. The molecule has 1 aromatic carbocycles. The summed E-state index contributed by atoms with van der Waals surface area (Å²) in [7, 11) is 3.36. The van der Waals surface area contributed by atoms with E-state index in [1.807, 2.05) is 45.0 Å². The van der Waals surface area contributed by atoms with Crippen LogP contribution in [0.25, 0.3) is 0 Å². The van der Waals surface area contributed by atoms with Gasteiger partial charge in [-0.1, -0.05) is 12.1 Å². The fraction of sp³-hybridized carbons (Fsp3) is 0.529. The largest absolute Gasteiger partial charge is 0.497 e. The highest BCUT2D eigenvalue weighted by atomic mass is 16.5. The Labute approximate surface area is 138 Å². The standard InChI is InChI=1S/C17H28N4O2/c1-6-19-15(22)17(2,3)12-21-16(18-4)20-11-13-7-9-14(23-5)10-8-13/h7-10H,6,11-12H2,1-5H3,(H,19,22)(H2,18,20,21). The second-order valence-electron chi connectivity index (χ2n) is 5.87. The Balaban J connectivity index is 2.49. The first kappa shape index (κ1) is 18.8. The van der Waals surface area contributed by atoms with Gasteiger partial charge in [0.25, 0.3) is 0 Å². The van der Waals surface area contributed by atoms with Crippen molar-refractivity contribution < 1.29 is 9.53 Å². The molecule has 0 aliphatic carbocycles. The molecular weight excluding hydrogens is 292 g/mol. The highest BCUT2D eigenvalue weighted by Gasteiger charge is 2.27. The molecule has 0 saturated heterocycles. The summed E-state index contributed by atoms with van der Waals surface area (Å²) >= 11 is 0. The summed E-state index contributed by atoms with van der Waals surface area (Å²) in [6.45, 7) is 7.50. The number of ether oxygens (including phenoxy) is 1. The van der Waals surface area contributed by atoms with Crippen LogP contribution in [-0.2, 0) is 11.3 Å². The molecule has 0 unspecified atom stereocenters. The van der Waals surface area contributed by atoms with Crippen molar-refractivity contribution in [1.82, 2.24) is 16.0 Å². The molecule has 0 radical (unpaired) electrons. The number of methoxy groups -OCH3 is 1. The van der Waals surface area contributed by atoms with Crippen LogP contribution >= 0.6 is 0 Å². The Morgan fingerprint density at radius 1 is 1.17 bits per heavy atom. The topological polar surface area (TPSA) is 74.8 Å². The zero-order valence-corrected chi connectivity index (χ0v) is 14.7. The summed E-state index contributed by atoms with van der Waals surface area (Å²) in [6.07, 6.45) is 0. The molecule has 3 N–H and O–H groups in total. The smallest absolute Gasteiger partial charge is 0.227 e. The number of nitrogens with zero attached hydrogens (tertiary/aromatic N) is 1. The van der Waals surface area contributed by atoms with E-state index in [2.05, 4.69) is 20.9 Å². The molecule has 1 rings (SSSR count). The lowest BCUT2D eigenvalue weighted by Gasteiger charge is -2.24. The molecule has 0 saturated carbocycles. The number of amides is 1. The van der Waals surface area contributed by atoms with E-state index in [1.54, 1.807) is 14.2 Å². The average molecular weight is 320 g/mol. The first-order chi connectivity index (χ1) is 10.9. The van der Waals surface area contributed by atoms with E-state index in [9.17, 15) is 4.79 Å². The van der Waals surface area contributed by atoms with Crippen molar-refractivity contribution in [3.05, 3.63) is 29.8 Å². The van der Waals surface area contributed by atoms with E-state index in [4.69, 9.17) is 4.74 Å². The van der Waals surface area contributed by atoms with Gasteiger partial charge in [0.2, 0.25) is 5.91 Å². The summed E-state index contributed by atoms with van der Waals surface area (Å²) < 4.78 is 5.14. The molecule has 128 valence electrons. The lowest BCUT2D eigenvalue weighted by atomic mass is 9.92. The third-order valence-corrected chi connectivity index (χ3v) is 3.49. The highest BCUT2D eigenvalue weighted by molar-refractivity contribution is 5.84. The number of hydrogen-bond donors (Lipinski definition) is 3. The van der Waals surface area contributed by atoms with Crippen LogP contribution in [0.15, 0.2) is 29.3 Å². The van der Waals surface area contributed by atoms with E-state index >= 15 is 0 Å². The number of carbonyl (C=O) groups excluding carboxylic acids is 1. The molecule has 6 heteroatoms. The van der Waals surface area contributed by atoms with Gasteiger partial charge < -0.3 is 20.7 Å². The summed E-state index contributed by atoms with van der Waals surface area (Å²) in [5.74, 6) is 1.52. The zero-order valence-electron chi connectivity index (χ0n) is 14.7. The fourth-order valence-corrected chi connectivity index (χ4v) is 1.93. The molecular formula is C17H28N4O2. The number of guanidine groups is 1. The second kappa shape index (κ2) is 9.02. The maximum Gasteiger partial charge on any atom is 0.227 e. The van der Waals surface area contributed by atoms with Crippen molar-refractivity contribution in [1.29, 1.82) is 0 Å². The van der Waals surface area contributed by atoms with Crippen LogP contribution in [0.4, 0.5) is 0 Å². The minimum atomic E-state index is -0.506. The number of carbonyl (C=O) groups is 1. The average Bonchev–Trinajstić information content (AvgIpc) is 2.55. The molecule has 0 atom stereocenters. The van der Waals surface area contributed by atoms with E-state index < -0.39 is 5.41 Å². The molecule has 0 bridgehead atoms. The zero-order chi connectivity index (χ0) is 17.3. The third-order valence-electron chi connectivity index (χ3n) is 3.49. The molecule has 0 spiro atoms. The predicted molar refractivity (Wildman–Crippen MR) is 93.7 cm³/mol. The van der Waals surface area contributed by atoms with Crippen LogP contribution in [0.2, 0.25) is 0 Å². The first-order valence-corrected chi connectivity index (χ1v) is 7.78. The molecule has 6 nitrogen and oxygen atoms in total. The van der Waals surface area contributed by atoms with E-state index in [0.29, 0.717) is 25.6 Å². The number of nitrogens with one attached hydrogen (secondary N) is 3. The van der Waals surface area contributed by atoms with Gasteiger partial charge in [0.1, 0.15) is 5.75 Å². The lowest BCUT2D eigenvalue weighted by Crippen LogP contribution is -2.47. The van der Waals surface area contributed by atoms with Gasteiger partial charge in [-0.25, -0.2) is 0 Å². The van der Waals surface area contributed by atoms with E-state index in [1.165, 1.54) is 0 Å². The molecule has 0 aliphatic rings. The monoisotopic (exact) mass is 320 g/mol. The van der Waals surface area contributed by atoms with Gasteiger partial charge in [-0.3, -0.25) is 9.79 Å². The quantitative estimate of drug-likeness (QED) is 0.526. The van der Waals surface area contributed by atoms with Crippen molar-refractivity contribution in [2.75, 3.05) is 27.2 Å². The Bertz CT molecular complexity index is 524. The number of rotatable bonds is 7. The van der Waals surface area contributed by atoms with Gasteiger partial charge in [0.05, 0.1) is 12.5 Å². The molecule has 0 heterocycles. The Hall–Kier alpha value is -2.24. The van der Waals surface area contributed by atoms with Crippen molar-refractivity contribution >= 4 is 11.9 Å². The minimum absolute atomic E-state index is 0.0260. The van der Waals surface area contributed by atoms with Crippen molar-refractivity contribution in [3.8, 4) is 5.75 Å². The van der Waals surface area contributed by atoms with Crippen LogP contribution < -0.4 is 20.7 Å². The highest BCUT2D eigenvalue weighted by Crippen LogP contribution is 2.13. The number of hydrogen-bond acceptors (Lipinski definition) is 3. The van der Waals surface area contributed by atoms with Gasteiger partial charge in [0.15, 0.2) is 5.96 Å². The second-order valence-corrected chi connectivity index (χ2v) is 5.87. The number of benzene rings is 1. The van der Waals surface area contributed by atoms with Crippen LogP contribution in [-0.4, -0.2) is 39.1 Å². The lowest BCUT2D eigenvalue weighted by molar-refractivity contribution is -0.128. The Morgan fingerprint density at radius 2 is 1.83 bits per heavy atom.